The van der Waals surface area contributed by atoms with Crippen LogP contribution in [0.4, 0.5) is 4.39 Å². The molecule has 6 heteroatoms. The van der Waals surface area contributed by atoms with E-state index in [0.717, 1.165) is 11.0 Å². The predicted octanol–water partition coefficient (Wildman–Crippen LogP) is 3.39. The molecule has 106 valence electrons. The number of imidazole rings is 1. The van der Waals surface area contributed by atoms with E-state index < -0.39 is 5.82 Å². The van der Waals surface area contributed by atoms with Gasteiger partial charge in [-0.3, -0.25) is 4.79 Å². The summed E-state index contributed by atoms with van der Waals surface area (Å²) in [5.41, 5.74) is 2.02. The van der Waals surface area contributed by atoms with E-state index >= 15 is 0 Å². The minimum absolute atomic E-state index is 0.252. The van der Waals surface area contributed by atoms with E-state index in [2.05, 4.69) is 31.2 Å². The van der Waals surface area contributed by atoms with Crippen molar-refractivity contribution in [3.8, 4) is 0 Å². The van der Waals surface area contributed by atoms with Crippen LogP contribution < -0.4 is 5.32 Å². The van der Waals surface area contributed by atoms with Gasteiger partial charge in [0.05, 0.1) is 17.6 Å². The minimum Gasteiger partial charge on any atom is -0.345 e. The quantitative estimate of drug-likeness (QED) is 0.762. The van der Waals surface area contributed by atoms with E-state index in [4.69, 9.17) is 0 Å². The van der Waals surface area contributed by atoms with E-state index in [1.54, 1.807) is 6.07 Å². The maximum atomic E-state index is 13.3. The summed E-state index contributed by atoms with van der Waals surface area (Å²) in [5, 5.41) is 2.71. The van der Waals surface area contributed by atoms with Crippen molar-refractivity contribution in [1.29, 1.82) is 0 Å². The number of hydrogen-bond acceptors (Lipinski definition) is 2. The third-order valence-electron chi connectivity index (χ3n) is 2.98. The van der Waals surface area contributed by atoms with Crippen molar-refractivity contribution in [3.05, 3.63) is 64.1 Å². The fourth-order valence-electron chi connectivity index (χ4n) is 2.04. The van der Waals surface area contributed by atoms with Crippen LogP contribution >= 0.6 is 15.9 Å². The molecule has 2 N–H and O–H groups in total. The van der Waals surface area contributed by atoms with Crippen LogP contribution in [0.5, 0.6) is 0 Å². The molecule has 0 spiro atoms. The zero-order valence-electron chi connectivity index (χ0n) is 10.9. The number of halogens is 2. The molecule has 0 aliphatic heterocycles. The first kappa shape index (κ1) is 13.8. The number of nitrogens with zero attached hydrogens (tertiary/aromatic N) is 1. The van der Waals surface area contributed by atoms with E-state index in [-0.39, 0.29) is 18.0 Å². The van der Waals surface area contributed by atoms with E-state index in [9.17, 15) is 9.18 Å². The van der Waals surface area contributed by atoms with Crippen LogP contribution in [0.3, 0.4) is 0 Å². The summed E-state index contributed by atoms with van der Waals surface area (Å²) in [6.07, 6.45) is 0. The highest BCUT2D eigenvalue weighted by Gasteiger charge is 2.09. The van der Waals surface area contributed by atoms with Crippen LogP contribution in [0.25, 0.3) is 11.0 Å². The van der Waals surface area contributed by atoms with Crippen molar-refractivity contribution in [2.24, 2.45) is 0 Å². The first-order valence-electron chi connectivity index (χ1n) is 6.30. The summed E-state index contributed by atoms with van der Waals surface area (Å²) >= 11 is 3.16. The zero-order valence-corrected chi connectivity index (χ0v) is 12.4. The molecular formula is C15H11BrFN3O. The number of rotatable bonds is 3. The van der Waals surface area contributed by atoms with Gasteiger partial charge < -0.3 is 10.3 Å². The number of benzene rings is 2. The summed E-state index contributed by atoms with van der Waals surface area (Å²) in [6, 6.07) is 11.7. The average Bonchev–Trinajstić information content (AvgIpc) is 2.86. The maximum absolute atomic E-state index is 13.3. The van der Waals surface area contributed by atoms with Crippen LogP contribution in [-0.2, 0) is 6.54 Å². The van der Waals surface area contributed by atoms with Gasteiger partial charge in [-0.2, -0.15) is 0 Å². The minimum atomic E-state index is -0.460. The molecule has 2 aromatic carbocycles. The van der Waals surface area contributed by atoms with Crippen molar-refractivity contribution in [2.45, 2.75) is 6.54 Å². The molecule has 0 atom stereocenters. The molecule has 1 heterocycles. The highest BCUT2D eigenvalue weighted by Crippen LogP contribution is 2.15. The Morgan fingerprint density at radius 3 is 2.86 bits per heavy atom. The second-order valence-corrected chi connectivity index (χ2v) is 5.46. The SMILES string of the molecule is O=C(NCc1nc2ccccc2[nH]1)c1cc(F)cc(Br)c1. The third kappa shape index (κ3) is 3.11. The van der Waals surface area contributed by atoms with Gasteiger partial charge in [-0.05, 0) is 30.3 Å². The molecule has 0 radical (unpaired) electrons. The Labute approximate surface area is 128 Å². The Kier molecular flexibility index (Phi) is 3.70. The highest BCUT2D eigenvalue weighted by molar-refractivity contribution is 9.10. The standard InChI is InChI=1S/C15H11BrFN3O/c16-10-5-9(6-11(17)7-10)15(21)18-8-14-19-12-3-1-2-4-13(12)20-14/h1-7H,8H2,(H,18,21)(H,19,20). The van der Waals surface area contributed by atoms with Gasteiger partial charge in [0.25, 0.3) is 5.91 Å². The molecule has 21 heavy (non-hydrogen) atoms. The van der Waals surface area contributed by atoms with Crippen LogP contribution in [0.2, 0.25) is 0 Å². The summed E-state index contributed by atoms with van der Waals surface area (Å²) in [7, 11) is 0. The first-order chi connectivity index (χ1) is 10.1. The number of hydrogen-bond donors (Lipinski definition) is 2. The lowest BCUT2D eigenvalue weighted by atomic mass is 10.2. The predicted molar refractivity (Wildman–Crippen MR) is 81.4 cm³/mol. The Bertz CT molecular complexity index is 762. The fraction of sp³-hybridized carbons (Fsp3) is 0.0667. The molecule has 1 aromatic heterocycles. The number of carbonyl (C=O) groups is 1. The number of aromatic amines is 1. The smallest absolute Gasteiger partial charge is 0.251 e. The average molecular weight is 348 g/mol. The number of nitrogens with one attached hydrogen (secondary N) is 2. The van der Waals surface area contributed by atoms with E-state index in [1.165, 1.54) is 12.1 Å². The van der Waals surface area contributed by atoms with Gasteiger partial charge in [-0.15, -0.1) is 0 Å². The molecule has 0 bridgehead atoms. The molecule has 3 aromatic rings. The van der Waals surface area contributed by atoms with Crippen molar-refractivity contribution in [1.82, 2.24) is 15.3 Å². The van der Waals surface area contributed by atoms with Gasteiger partial charge in [-0.1, -0.05) is 28.1 Å². The van der Waals surface area contributed by atoms with E-state index in [0.29, 0.717) is 10.3 Å². The number of amides is 1. The number of para-hydroxylation sites is 2. The van der Waals surface area contributed by atoms with Crippen molar-refractivity contribution in [3.63, 3.8) is 0 Å². The topological polar surface area (TPSA) is 57.8 Å². The molecule has 0 saturated carbocycles. The Hall–Kier alpha value is -2.21. The molecule has 0 saturated heterocycles. The normalized spacial score (nSPS) is 10.8. The summed E-state index contributed by atoms with van der Waals surface area (Å²) in [6.45, 7) is 0.252. The number of aromatic nitrogens is 2. The summed E-state index contributed by atoms with van der Waals surface area (Å²) in [5.74, 6) is -0.158. The lowest BCUT2D eigenvalue weighted by Gasteiger charge is -2.04. The van der Waals surface area contributed by atoms with Gasteiger partial charge in [0.1, 0.15) is 11.6 Å². The molecule has 4 nitrogen and oxygen atoms in total. The van der Waals surface area contributed by atoms with Gasteiger partial charge in [0, 0.05) is 10.0 Å². The number of carbonyl (C=O) groups excluding carboxylic acids is 1. The second-order valence-electron chi connectivity index (χ2n) is 4.54. The molecule has 0 unspecified atom stereocenters. The maximum Gasteiger partial charge on any atom is 0.251 e. The monoisotopic (exact) mass is 347 g/mol. The zero-order chi connectivity index (χ0) is 14.8. The van der Waals surface area contributed by atoms with E-state index in [1.807, 2.05) is 24.3 Å². The summed E-state index contributed by atoms with van der Waals surface area (Å²) in [4.78, 5) is 19.5. The molecule has 0 aliphatic rings. The largest absolute Gasteiger partial charge is 0.345 e. The lowest BCUT2D eigenvalue weighted by Crippen LogP contribution is -2.23. The Balaban J connectivity index is 1.73. The Morgan fingerprint density at radius 1 is 1.29 bits per heavy atom. The second kappa shape index (κ2) is 5.65. The molecular weight excluding hydrogens is 337 g/mol. The van der Waals surface area contributed by atoms with Crippen LogP contribution in [0, 0.1) is 5.82 Å². The number of H-pyrrole nitrogens is 1. The van der Waals surface area contributed by atoms with Crippen molar-refractivity contribution >= 4 is 32.9 Å². The molecule has 0 fully saturated rings. The molecule has 3 rings (SSSR count). The summed E-state index contributed by atoms with van der Waals surface area (Å²) < 4.78 is 13.8. The van der Waals surface area contributed by atoms with Gasteiger partial charge in [0.2, 0.25) is 0 Å². The van der Waals surface area contributed by atoms with Gasteiger partial charge in [-0.25, -0.2) is 9.37 Å². The van der Waals surface area contributed by atoms with Crippen molar-refractivity contribution < 1.29 is 9.18 Å². The first-order valence-corrected chi connectivity index (χ1v) is 7.09. The lowest BCUT2D eigenvalue weighted by molar-refractivity contribution is 0.0949. The Morgan fingerprint density at radius 2 is 2.10 bits per heavy atom. The third-order valence-corrected chi connectivity index (χ3v) is 3.44. The van der Waals surface area contributed by atoms with Crippen LogP contribution in [0.15, 0.2) is 46.9 Å². The molecule has 0 aliphatic carbocycles. The number of fused-ring (bicyclic) bond motifs is 1. The molecule has 1 amide bonds. The van der Waals surface area contributed by atoms with Crippen LogP contribution in [0.1, 0.15) is 16.2 Å². The fourth-order valence-corrected chi connectivity index (χ4v) is 2.51. The highest BCUT2D eigenvalue weighted by atomic mass is 79.9. The van der Waals surface area contributed by atoms with Crippen molar-refractivity contribution in [2.75, 3.05) is 0 Å². The van der Waals surface area contributed by atoms with Crippen LogP contribution in [-0.4, -0.2) is 15.9 Å². The van der Waals surface area contributed by atoms with Gasteiger partial charge >= 0.3 is 0 Å². The van der Waals surface area contributed by atoms with Gasteiger partial charge in [0.15, 0.2) is 0 Å².